The van der Waals surface area contributed by atoms with E-state index < -0.39 is 0 Å². The summed E-state index contributed by atoms with van der Waals surface area (Å²) in [5, 5.41) is 4.70. The van der Waals surface area contributed by atoms with Crippen LogP contribution in [0.3, 0.4) is 0 Å². The molecule has 0 radical (unpaired) electrons. The van der Waals surface area contributed by atoms with Crippen LogP contribution >= 0.6 is 27.7 Å². The van der Waals surface area contributed by atoms with Crippen molar-refractivity contribution in [1.29, 1.82) is 0 Å². The quantitative estimate of drug-likeness (QED) is 0.897. The minimum atomic E-state index is 0.235. The molecule has 5 heteroatoms. The third-order valence-electron chi connectivity index (χ3n) is 3.60. The van der Waals surface area contributed by atoms with Crippen molar-refractivity contribution in [2.75, 3.05) is 19.0 Å². The van der Waals surface area contributed by atoms with Crippen molar-refractivity contribution < 1.29 is 4.74 Å². The fourth-order valence-electron chi connectivity index (χ4n) is 2.42. The highest BCUT2D eigenvalue weighted by Gasteiger charge is 2.38. The molecule has 1 aromatic rings. The summed E-state index contributed by atoms with van der Waals surface area (Å²) in [7, 11) is 0. The van der Waals surface area contributed by atoms with Gasteiger partial charge < -0.3 is 10.1 Å². The fourth-order valence-corrected chi connectivity index (χ4v) is 4.09. The molecular formula is C14H17BrN2OS. The highest BCUT2D eigenvalue weighted by atomic mass is 79.9. The van der Waals surface area contributed by atoms with Gasteiger partial charge in [0, 0.05) is 23.4 Å². The average molecular weight is 341 g/mol. The number of rotatable bonds is 2. The fraction of sp³-hybridized carbons (Fsp3) is 0.500. The zero-order chi connectivity index (χ0) is 13.1. The minimum absolute atomic E-state index is 0.235. The van der Waals surface area contributed by atoms with Gasteiger partial charge in [0.05, 0.1) is 12.1 Å². The second kappa shape index (κ2) is 5.85. The Hall–Kier alpha value is -0.520. The summed E-state index contributed by atoms with van der Waals surface area (Å²) < 4.78 is 6.55. The van der Waals surface area contributed by atoms with E-state index in [1.165, 1.54) is 5.56 Å². The molecule has 0 aliphatic carbocycles. The maximum Gasteiger partial charge on any atom is 0.157 e. The summed E-state index contributed by atoms with van der Waals surface area (Å²) in [5.41, 5.74) is 1.47. The summed E-state index contributed by atoms with van der Waals surface area (Å²) in [6.07, 6.45) is 2.19. The largest absolute Gasteiger partial charge is 0.381 e. The molecule has 0 aromatic heterocycles. The van der Waals surface area contributed by atoms with Gasteiger partial charge in [-0.3, -0.25) is 4.99 Å². The Labute approximate surface area is 126 Å². The number of nitrogens with zero attached hydrogens (tertiary/aromatic N) is 1. The number of halogens is 1. The van der Waals surface area contributed by atoms with Crippen LogP contribution in [0.5, 0.6) is 0 Å². The highest BCUT2D eigenvalue weighted by Crippen LogP contribution is 2.31. The first-order chi connectivity index (χ1) is 9.26. The van der Waals surface area contributed by atoms with E-state index in [4.69, 9.17) is 9.73 Å². The van der Waals surface area contributed by atoms with E-state index in [1.54, 1.807) is 0 Å². The van der Waals surface area contributed by atoms with Gasteiger partial charge >= 0.3 is 0 Å². The van der Waals surface area contributed by atoms with Crippen LogP contribution in [0.15, 0.2) is 33.7 Å². The van der Waals surface area contributed by atoms with Gasteiger partial charge in [-0.05, 0) is 30.5 Å². The molecule has 102 valence electrons. The van der Waals surface area contributed by atoms with Crippen molar-refractivity contribution >= 4 is 32.9 Å². The number of benzene rings is 1. The van der Waals surface area contributed by atoms with Crippen LogP contribution < -0.4 is 5.32 Å². The summed E-state index contributed by atoms with van der Waals surface area (Å²) in [4.78, 5) is 4.69. The van der Waals surface area contributed by atoms with Gasteiger partial charge in [0.1, 0.15) is 0 Å². The summed E-state index contributed by atoms with van der Waals surface area (Å²) in [6.45, 7) is 2.47. The van der Waals surface area contributed by atoms with Crippen LogP contribution in [-0.2, 0) is 11.3 Å². The molecule has 2 aliphatic heterocycles. The van der Waals surface area contributed by atoms with E-state index in [0.717, 1.165) is 48.0 Å². The van der Waals surface area contributed by atoms with Crippen molar-refractivity contribution in [2.24, 2.45) is 4.99 Å². The number of thioether (sulfide) groups is 1. The molecule has 1 spiro atoms. The zero-order valence-corrected chi connectivity index (χ0v) is 13.1. The number of ether oxygens (including phenoxy) is 1. The van der Waals surface area contributed by atoms with Crippen LogP contribution in [0, 0.1) is 0 Å². The predicted octanol–water partition coefficient (Wildman–Crippen LogP) is 3.19. The third kappa shape index (κ3) is 3.33. The van der Waals surface area contributed by atoms with E-state index in [-0.39, 0.29) is 5.54 Å². The molecule has 2 heterocycles. The Balaban J connectivity index is 1.62. The van der Waals surface area contributed by atoms with Crippen LogP contribution in [0.25, 0.3) is 0 Å². The molecule has 1 N–H and O–H groups in total. The van der Waals surface area contributed by atoms with Crippen molar-refractivity contribution in [3.05, 3.63) is 34.3 Å². The van der Waals surface area contributed by atoms with Crippen molar-refractivity contribution in [3.8, 4) is 0 Å². The van der Waals surface area contributed by atoms with E-state index in [2.05, 4.69) is 39.4 Å². The maximum atomic E-state index is 5.44. The van der Waals surface area contributed by atoms with Gasteiger partial charge in [-0.2, -0.15) is 0 Å². The molecule has 1 aromatic carbocycles. The van der Waals surface area contributed by atoms with Crippen LogP contribution in [0.1, 0.15) is 18.4 Å². The van der Waals surface area contributed by atoms with E-state index in [9.17, 15) is 0 Å². The van der Waals surface area contributed by atoms with Gasteiger partial charge in [-0.25, -0.2) is 0 Å². The minimum Gasteiger partial charge on any atom is -0.381 e. The van der Waals surface area contributed by atoms with Gasteiger partial charge in [0.15, 0.2) is 5.17 Å². The number of nitrogens with one attached hydrogen (secondary N) is 1. The average Bonchev–Trinajstić information content (AvgIpc) is 2.80. The van der Waals surface area contributed by atoms with Crippen LogP contribution in [0.4, 0.5) is 0 Å². The molecule has 19 heavy (non-hydrogen) atoms. The van der Waals surface area contributed by atoms with E-state index in [1.807, 2.05) is 17.8 Å². The van der Waals surface area contributed by atoms with E-state index in [0.29, 0.717) is 0 Å². The Morgan fingerprint density at radius 3 is 3.00 bits per heavy atom. The molecule has 3 nitrogen and oxygen atoms in total. The summed E-state index contributed by atoms with van der Waals surface area (Å²) >= 11 is 5.33. The van der Waals surface area contributed by atoms with Crippen LogP contribution in [0.2, 0.25) is 0 Å². The second-order valence-electron chi connectivity index (χ2n) is 5.06. The normalized spacial score (nSPS) is 23.7. The van der Waals surface area contributed by atoms with Gasteiger partial charge in [-0.15, -0.1) is 0 Å². The Morgan fingerprint density at radius 2 is 2.21 bits per heavy atom. The van der Waals surface area contributed by atoms with Gasteiger partial charge in [0.25, 0.3) is 0 Å². The molecule has 2 aliphatic rings. The lowest BCUT2D eigenvalue weighted by Gasteiger charge is -2.32. The summed E-state index contributed by atoms with van der Waals surface area (Å²) in [6, 6.07) is 8.32. The molecule has 2 fully saturated rings. The highest BCUT2D eigenvalue weighted by molar-refractivity contribution is 9.10. The smallest absolute Gasteiger partial charge is 0.157 e. The molecule has 3 rings (SSSR count). The lowest BCUT2D eigenvalue weighted by atomic mass is 9.93. The van der Waals surface area contributed by atoms with Gasteiger partial charge in [0.2, 0.25) is 0 Å². The first-order valence-electron chi connectivity index (χ1n) is 6.53. The first kappa shape index (κ1) is 13.5. The van der Waals surface area contributed by atoms with Crippen molar-refractivity contribution in [3.63, 3.8) is 0 Å². The monoisotopic (exact) mass is 340 g/mol. The Kier molecular flexibility index (Phi) is 4.15. The topological polar surface area (TPSA) is 33.6 Å². The van der Waals surface area contributed by atoms with Crippen LogP contribution in [-0.4, -0.2) is 29.7 Å². The Morgan fingerprint density at radius 1 is 1.37 bits per heavy atom. The number of amidine groups is 1. The number of aliphatic imine (C=N–C) groups is 1. The molecule has 2 saturated heterocycles. The molecular weight excluding hydrogens is 324 g/mol. The lowest BCUT2D eigenvalue weighted by molar-refractivity contribution is 0.0555. The van der Waals surface area contributed by atoms with Crippen molar-refractivity contribution in [1.82, 2.24) is 5.32 Å². The molecule has 0 unspecified atom stereocenters. The van der Waals surface area contributed by atoms with Crippen molar-refractivity contribution in [2.45, 2.75) is 24.9 Å². The molecule has 0 amide bonds. The first-order valence-corrected chi connectivity index (χ1v) is 8.31. The standard InChI is InChI=1S/C14H17BrN2OS/c15-12-3-1-2-11(8-12)9-16-13-17-14(10-19-13)4-6-18-7-5-14/h1-3,8H,4-7,9-10H2,(H,16,17). The molecule has 0 saturated carbocycles. The molecule has 0 atom stereocenters. The number of hydrogen-bond donors (Lipinski definition) is 1. The summed E-state index contributed by atoms with van der Waals surface area (Å²) in [5.74, 6) is 1.12. The lowest BCUT2D eigenvalue weighted by Crippen LogP contribution is -2.48. The third-order valence-corrected chi connectivity index (χ3v) is 5.30. The van der Waals surface area contributed by atoms with E-state index >= 15 is 0 Å². The zero-order valence-electron chi connectivity index (χ0n) is 10.7. The number of hydrogen-bond acceptors (Lipinski definition) is 3. The maximum absolute atomic E-state index is 5.44. The molecule has 0 bridgehead atoms. The van der Waals surface area contributed by atoms with Gasteiger partial charge in [-0.1, -0.05) is 39.8 Å². The second-order valence-corrected chi connectivity index (χ2v) is 6.94. The predicted molar refractivity (Wildman–Crippen MR) is 83.7 cm³/mol. The Bertz CT molecular complexity index is 486. The SMILES string of the molecule is Brc1cccc(CN=C2NC3(CCOCC3)CS2)c1.